The number of ether oxygens (including phenoxy) is 1. The largest absolute Gasteiger partial charge is 0.480 e. The molecule has 1 rings (SSSR count). The number of amides is 2. The summed E-state index contributed by atoms with van der Waals surface area (Å²) in [6, 6.07) is -0.463. The third kappa shape index (κ3) is 4.60. The molecule has 0 bridgehead atoms. The van der Waals surface area contributed by atoms with Gasteiger partial charge in [-0.05, 0) is 18.8 Å². The Morgan fingerprint density at radius 1 is 1.28 bits per heavy atom. The van der Waals surface area contributed by atoms with Crippen LogP contribution in [0.3, 0.4) is 0 Å². The second-order valence-corrected chi connectivity index (χ2v) is 4.43. The van der Waals surface area contributed by atoms with Gasteiger partial charge < -0.3 is 19.6 Å². The van der Waals surface area contributed by atoms with Crippen molar-refractivity contribution in [3.63, 3.8) is 0 Å². The van der Waals surface area contributed by atoms with Crippen molar-refractivity contribution in [2.24, 2.45) is 5.92 Å². The Bertz CT molecular complexity index is 340. The number of methoxy groups -OCH3 is 1. The molecule has 7 nitrogen and oxygen atoms in total. The highest BCUT2D eigenvalue weighted by molar-refractivity contribution is 5.83. The van der Waals surface area contributed by atoms with E-state index in [1.807, 2.05) is 0 Å². The summed E-state index contributed by atoms with van der Waals surface area (Å²) in [6.45, 7) is -0.104. The fourth-order valence-electron chi connectivity index (χ4n) is 1.55. The Morgan fingerprint density at radius 3 is 2.33 bits per heavy atom. The third-order valence-corrected chi connectivity index (χ3v) is 2.69. The fourth-order valence-corrected chi connectivity index (χ4v) is 1.55. The summed E-state index contributed by atoms with van der Waals surface area (Å²) in [5.74, 6) is -1.21. The summed E-state index contributed by atoms with van der Waals surface area (Å²) in [7, 11) is 2.68. The summed E-state index contributed by atoms with van der Waals surface area (Å²) in [6.07, 6.45) is 2.04. The zero-order chi connectivity index (χ0) is 13.7. The molecule has 0 radical (unpaired) electrons. The molecule has 0 saturated heterocycles. The minimum absolute atomic E-state index is 0.184. The monoisotopic (exact) mass is 258 g/mol. The molecule has 1 fully saturated rings. The molecule has 1 aliphatic rings. The molecular formula is C11H18N2O5. The number of likely N-dealkylation sites (N-methyl/N-ethyl adjacent to an activating group) is 1. The van der Waals surface area contributed by atoms with Gasteiger partial charge in [0.25, 0.3) is 0 Å². The second-order valence-electron chi connectivity index (χ2n) is 4.43. The Kier molecular flexibility index (Phi) is 4.94. The first kappa shape index (κ1) is 14.3. The van der Waals surface area contributed by atoms with Crippen LogP contribution in [0.4, 0.5) is 4.79 Å². The lowest BCUT2D eigenvalue weighted by atomic mass is 10.3. The summed E-state index contributed by atoms with van der Waals surface area (Å²) >= 11 is 0. The van der Waals surface area contributed by atoms with Crippen LogP contribution in [0.5, 0.6) is 0 Å². The van der Waals surface area contributed by atoms with Crippen molar-refractivity contribution in [1.82, 2.24) is 9.80 Å². The lowest BCUT2D eigenvalue weighted by Gasteiger charge is -2.26. The molecular weight excluding hydrogens is 240 g/mol. The standard InChI is InChI=1S/C11H18N2O5/c1-12(7-10(16)18-2)11(17)13(6-9(14)15)5-8-3-4-8/h8H,3-7H2,1-2H3,(H,14,15). The van der Waals surface area contributed by atoms with Gasteiger partial charge in [0, 0.05) is 13.6 Å². The number of nitrogens with zero attached hydrogens (tertiary/aromatic N) is 2. The van der Waals surface area contributed by atoms with Gasteiger partial charge in [0.2, 0.25) is 0 Å². The van der Waals surface area contributed by atoms with Crippen molar-refractivity contribution in [3.8, 4) is 0 Å². The van der Waals surface area contributed by atoms with Gasteiger partial charge in [-0.1, -0.05) is 0 Å². The number of carbonyl (C=O) groups excluding carboxylic acids is 2. The lowest BCUT2D eigenvalue weighted by molar-refractivity contribution is -0.141. The average molecular weight is 258 g/mol. The van der Waals surface area contributed by atoms with Crippen LogP contribution in [0, 0.1) is 5.92 Å². The van der Waals surface area contributed by atoms with Crippen molar-refractivity contribution in [2.75, 3.05) is 33.8 Å². The number of hydrogen-bond acceptors (Lipinski definition) is 4. The van der Waals surface area contributed by atoms with Crippen LogP contribution in [0.1, 0.15) is 12.8 Å². The molecule has 1 saturated carbocycles. The van der Waals surface area contributed by atoms with Crippen LogP contribution in [-0.2, 0) is 14.3 Å². The predicted molar refractivity (Wildman–Crippen MR) is 62.0 cm³/mol. The molecule has 7 heteroatoms. The number of aliphatic carboxylic acids is 1. The molecule has 1 N–H and O–H groups in total. The van der Waals surface area contributed by atoms with E-state index in [0.29, 0.717) is 12.5 Å². The van der Waals surface area contributed by atoms with Crippen LogP contribution in [0.15, 0.2) is 0 Å². The molecule has 0 heterocycles. The number of carboxylic acid groups (broad SMARTS) is 1. The van der Waals surface area contributed by atoms with Gasteiger partial charge in [-0.2, -0.15) is 0 Å². The lowest BCUT2D eigenvalue weighted by Crippen LogP contribution is -2.46. The van der Waals surface area contributed by atoms with Gasteiger partial charge in [-0.3, -0.25) is 9.59 Å². The van der Waals surface area contributed by atoms with E-state index in [1.165, 1.54) is 19.1 Å². The maximum absolute atomic E-state index is 12.0. The van der Waals surface area contributed by atoms with Crippen molar-refractivity contribution >= 4 is 18.0 Å². The highest BCUT2D eigenvalue weighted by Crippen LogP contribution is 2.29. The molecule has 0 aromatic carbocycles. The Balaban J connectivity index is 2.55. The van der Waals surface area contributed by atoms with E-state index in [1.54, 1.807) is 0 Å². The van der Waals surface area contributed by atoms with E-state index in [2.05, 4.69) is 4.74 Å². The quantitative estimate of drug-likeness (QED) is 0.678. The molecule has 102 valence electrons. The van der Waals surface area contributed by atoms with Crippen LogP contribution < -0.4 is 0 Å². The summed E-state index contributed by atoms with van der Waals surface area (Å²) in [4.78, 5) is 36.2. The smallest absolute Gasteiger partial charge is 0.325 e. The molecule has 0 aromatic rings. The van der Waals surface area contributed by atoms with E-state index < -0.39 is 18.0 Å². The van der Waals surface area contributed by atoms with Gasteiger partial charge in [-0.15, -0.1) is 0 Å². The van der Waals surface area contributed by atoms with Gasteiger partial charge in [0.15, 0.2) is 0 Å². The molecule has 1 aliphatic carbocycles. The fraction of sp³-hybridized carbons (Fsp3) is 0.727. The third-order valence-electron chi connectivity index (χ3n) is 2.69. The van der Waals surface area contributed by atoms with E-state index in [0.717, 1.165) is 17.7 Å². The number of urea groups is 1. The van der Waals surface area contributed by atoms with Gasteiger partial charge in [-0.25, -0.2) is 4.79 Å². The Labute approximate surface area is 105 Å². The molecule has 0 aromatic heterocycles. The number of rotatable bonds is 6. The SMILES string of the molecule is COC(=O)CN(C)C(=O)N(CC(=O)O)CC1CC1. The van der Waals surface area contributed by atoms with Crippen molar-refractivity contribution in [1.29, 1.82) is 0 Å². The van der Waals surface area contributed by atoms with Crippen LogP contribution in [-0.4, -0.2) is 66.7 Å². The number of esters is 1. The molecule has 0 aliphatic heterocycles. The topological polar surface area (TPSA) is 87.2 Å². The highest BCUT2D eigenvalue weighted by Gasteiger charge is 2.29. The van der Waals surface area contributed by atoms with E-state index in [4.69, 9.17) is 5.11 Å². The van der Waals surface area contributed by atoms with E-state index in [9.17, 15) is 14.4 Å². The maximum atomic E-state index is 12.0. The van der Waals surface area contributed by atoms with Gasteiger partial charge in [0.1, 0.15) is 13.1 Å². The molecule has 0 spiro atoms. The highest BCUT2D eigenvalue weighted by atomic mass is 16.5. The van der Waals surface area contributed by atoms with Crippen LogP contribution in [0.25, 0.3) is 0 Å². The van der Waals surface area contributed by atoms with Gasteiger partial charge >= 0.3 is 18.0 Å². The van der Waals surface area contributed by atoms with Crippen molar-refractivity contribution in [2.45, 2.75) is 12.8 Å². The van der Waals surface area contributed by atoms with Crippen molar-refractivity contribution in [3.05, 3.63) is 0 Å². The van der Waals surface area contributed by atoms with Crippen LogP contribution >= 0.6 is 0 Å². The maximum Gasteiger partial charge on any atom is 0.325 e. The first-order valence-electron chi connectivity index (χ1n) is 5.72. The summed E-state index contributed by atoms with van der Waals surface area (Å²) < 4.78 is 4.46. The zero-order valence-corrected chi connectivity index (χ0v) is 10.6. The van der Waals surface area contributed by atoms with E-state index in [-0.39, 0.29) is 13.1 Å². The Hall–Kier alpha value is -1.79. The summed E-state index contributed by atoms with van der Waals surface area (Å²) in [5.41, 5.74) is 0. The normalized spacial score (nSPS) is 13.9. The van der Waals surface area contributed by atoms with Crippen molar-refractivity contribution < 1.29 is 24.2 Å². The van der Waals surface area contributed by atoms with E-state index >= 15 is 0 Å². The molecule has 0 unspecified atom stereocenters. The molecule has 0 atom stereocenters. The molecule has 18 heavy (non-hydrogen) atoms. The first-order chi connectivity index (χ1) is 8.43. The number of carbonyl (C=O) groups is 3. The minimum atomic E-state index is -1.06. The average Bonchev–Trinajstić information content (AvgIpc) is 3.10. The number of carboxylic acids is 1. The first-order valence-corrected chi connectivity index (χ1v) is 5.72. The Morgan fingerprint density at radius 2 is 1.89 bits per heavy atom. The van der Waals surface area contributed by atoms with Crippen LogP contribution in [0.2, 0.25) is 0 Å². The predicted octanol–water partition coefficient (Wildman–Crippen LogP) is 0.00780. The minimum Gasteiger partial charge on any atom is -0.480 e. The summed E-state index contributed by atoms with van der Waals surface area (Å²) in [5, 5.41) is 8.77. The molecule has 2 amide bonds. The van der Waals surface area contributed by atoms with Gasteiger partial charge in [0.05, 0.1) is 7.11 Å². The second kappa shape index (κ2) is 6.23. The zero-order valence-electron chi connectivity index (χ0n) is 10.6. The number of hydrogen-bond donors (Lipinski definition) is 1.